The number of thioether (sulfide) groups is 1. The van der Waals surface area contributed by atoms with Gasteiger partial charge in [-0.3, -0.25) is 4.79 Å². The van der Waals surface area contributed by atoms with Crippen molar-refractivity contribution >= 4 is 35.0 Å². The number of nitrogens with one attached hydrogen (secondary N) is 2. The molecule has 0 radical (unpaired) electrons. The van der Waals surface area contributed by atoms with Crippen molar-refractivity contribution in [2.24, 2.45) is 5.92 Å². The van der Waals surface area contributed by atoms with Crippen LogP contribution in [0.4, 0.5) is 5.69 Å². The quantitative estimate of drug-likeness (QED) is 0.831. The van der Waals surface area contributed by atoms with Gasteiger partial charge in [0, 0.05) is 21.1 Å². The van der Waals surface area contributed by atoms with E-state index in [9.17, 15) is 4.79 Å². The molecule has 0 unspecified atom stereocenters. The van der Waals surface area contributed by atoms with Crippen molar-refractivity contribution in [2.75, 3.05) is 18.4 Å². The summed E-state index contributed by atoms with van der Waals surface area (Å²) >= 11 is 7.79. The second kappa shape index (κ2) is 7.34. The number of halogens is 1. The number of benzene rings is 1. The molecule has 1 aliphatic rings. The van der Waals surface area contributed by atoms with Gasteiger partial charge in [-0.25, -0.2) is 0 Å². The van der Waals surface area contributed by atoms with Gasteiger partial charge < -0.3 is 10.6 Å². The fraction of sp³-hybridized carbons (Fsp3) is 0.533. The topological polar surface area (TPSA) is 41.1 Å². The molecule has 1 aromatic carbocycles. The molecule has 0 aliphatic carbocycles. The van der Waals surface area contributed by atoms with E-state index in [2.05, 4.69) is 24.5 Å². The number of rotatable bonds is 4. The van der Waals surface area contributed by atoms with Crippen LogP contribution in [0.5, 0.6) is 0 Å². The lowest BCUT2D eigenvalue weighted by molar-refractivity contribution is -0.120. The van der Waals surface area contributed by atoms with Crippen LogP contribution < -0.4 is 10.6 Å². The summed E-state index contributed by atoms with van der Waals surface area (Å²) in [5, 5.41) is 7.44. The molecule has 0 bridgehead atoms. The third-order valence-electron chi connectivity index (χ3n) is 3.27. The van der Waals surface area contributed by atoms with Crippen molar-refractivity contribution in [3.63, 3.8) is 0 Å². The van der Waals surface area contributed by atoms with E-state index in [-0.39, 0.29) is 11.8 Å². The lowest BCUT2D eigenvalue weighted by Crippen LogP contribution is -2.34. The molecule has 3 nitrogen and oxygen atoms in total. The maximum Gasteiger partial charge on any atom is 0.227 e. The van der Waals surface area contributed by atoms with Crippen LogP contribution in [0, 0.1) is 5.92 Å². The molecule has 0 saturated carbocycles. The number of piperidine rings is 1. The molecule has 1 amide bonds. The molecule has 110 valence electrons. The Morgan fingerprint density at radius 2 is 2.10 bits per heavy atom. The van der Waals surface area contributed by atoms with Gasteiger partial charge in [0.05, 0.1) is 5.69 Å². The Hall–Kier alpha value is -0.710. The van der Waals surface area contributed by atoms with Crippen LogP contribution in [0.15, 0.2) is 23.1 Å². The maximum atomic E-state index is 12.3. The summed E-state index contributed by atoms with van der Waals surface area (Å²) in [4.78, 5) is 13.4. The number of hydrogen-bond donors (Lipinski definition) is 2. The molecule has 2 N–H and O–H groups in total. The summed E-state index contributed by atoms with van der Waals surface area (Å²) < 4.78 is 0. The molecule has 0 atom stereocenters. The maximum absolute atomic E-state index is 12.3. The first-order chi connectivity index (χ1) is 9.56. The average molecular weight is 313 g/mol. The van der Waals surface area contributed by atoms with Crippen LogP contribution in [-0.2, 0) is 4.79 Å². The molecule has 1 aromatic rings. The van der Waals surface area contributed by atoms with Crippen LogP contribution in [0.3, 0.4) is 0 Å². The highest BCUT2D eigenvalue weighted by molar-refractivity contribution is 8.00. The van der Waals surface area contributed by atoms with Gasteiger partial charge in [-0.05, 0) is 44.1 Å². The van der Waals surface area contributed by atoms with Gasteiger partial charge in [-0.1, -0.05) is 25.4 Å². The fourth-order valence-corrected chi connectivity index (χ4v) is 3.34. The highest BCUT2D eigenvalue weighted by Crippen LogP contribution is 2.33. The predicted octanol–water partition coefficient (Wildman–Crippen LogP) is 3.78. The van der Waals surface area contributed by atoms with Crippen molar-refractivity contribution in [1.82, 2.24) is 5.32 Å². The smallest absolute Gasteiger partial charge is 0.227 e. The van der Waals surface area contributed by atoms with E-state index in [0.717, 1.165) is 36.5 Å². The van der Waals surface area contributed by atoms with E-state index < -0.39 is 0 Å². The zero-order valence-corrected chi connectivity index (χ0v) is 13.5. The zero-order chi connectivity index (χ0) is 14.5. The number of carbonyl (C=O) groups is 1. The first-order valence-electron chi connectivity index (χ1n) is 7.04. The molecule has 0 aromatic heterocycles. The lowest BCUT2D eigenvalue weighted by Gasteiger charge is -2.22. The third kappa shape index (κ3) is 4.40. The van der Waals surface area contributed by atoms with Gasteiger partial charge in [0.2, 0.25) is 5.91 Å². The van der Waals surface area contributed by atoms with Crippen LogP contribution >= 0.6 is 23.4 Å². The molecule has 0 spiro atoms. The third-order valence-corrected chi connectivity index (χ3v) is 4.59. The highest BCUT2D eigenvalue weighted by atomic mass is 35.5. The van der Waals surface area contributed by atoms with Crippen LogP contribution in [0.1, 0.15) is 26.7 Å². The molecule has 1 aliphatic heterocycles. The molecular weight excluding hydrogens is 292 g/mol. The second-order valence-corrected chi connectivity index (χ2v) is 7.38. The van der Waals surface area contributed by atoms with Crippen molar-refractivity contribution in [3.8, 4) is 0 Å². The van der Waals surface area contributed by atoms with Crippen LogP contribution in [0.25, 0.3) is 0 Å². The Bertz CT molecular complexity index is 473. The van der Waals surface area contributed by atoms with E-state index in [0.29, 0.717) is 10.3 Å². The van der Waals surface area contributed by atoms with Gasteiger partial charge >= 0.3 is 0 Å². The summed E-state index contributed by atoms with van der Waals surface area (Å²) in [6.45, 7) is 6.11. The fourth-order valence-electron chi connectivity index (χ4n) is 2.28. The van der Waals surface area contributed by atoms with Crippen molar-refractivity contribution in [2.45, 2.75) is 36.8 Å². The van der Waals surface area contributed by atoms with Crippen LogP contribution in [0.2, 0.25) is 5.02 Å². The van der Waals surface area contributed by atoms with Crippen molar-refractivity contribution in [3.05, 3.63) is 23.2 Å². The summed E-state index contributed by atoms with van der Waals surface area (Å²) in [5.74, 6) is 0.214. The van der Waals surface area contributed by atoms with Crippen LogP contribution in [-0.4, -0.2) is 24.2 Å². The molecule has 5 heteroatoms. The van der Waals surface area contributed by atoms with E-state index in [1.807, 2.05) is 18.2 Å². The zero-order valence-electron chi connectivity index (χ0n) is 11.9. The minimum atomic E-state index is 0.104. The summed E-state index contributed by atoms with van der Waals surface area (Å²) in [7, 11) is 0. The largest absolute Gasteiger partial charge is 0.325 e. The van der Waals surface area contributed by atoms with E-state index in [1.54, 1.807) is 11.8 Å². The Morgan fingerprint density at radius 3 is 2.75 bits per heavy atom. The molecule has 1 saturated heterocycles. The van der Waals surface area contributed by atoms with E-state index in [1.165, 1.54) is 0 Å². The number of carbonyl (C=O) groups excluding carboxylic acids is 1. The Balaban J connectivity index is 2.10. The lowest BCUT2D eigenvalue weighted by atomic mass is 9.97. The van der Waals surface area contributed by atoms with Gasteiger partial charge in [-0.2, -0.15) is 0 Å². The number of amides is 1. The average Bonchev–Trinajstić information content (AvgIpc) is 2.42. The minimum absolute atomic E-state index is 0.104. The monoisotopic (exact) mass is 312 g/mol. The van der Waals surface area contributed by atoms with Crippen molar-refractivity contribution in [1.29, 1.82) is 0 Å². The second-order valence-electron chi connectivity index (χ2n) is 5.32. The normalized spacial score (nSPS) is 16.4. The van der Waals surface area contributed by atoms with E-state index >= 15 is 0 Å². The number of hydrogen-bond acceptors (Lipinski definition) is 3. The first kappa shape index (κ1) is 15.7. The summed E-state index contributed by atoms with van der Waals surface area (Å²) in [6, 6.07) is 5.68. The van der Waals surface area contributed by atoms with Gasteiger partial charge in [0.15, 0.2) is 0 Å². The highest BCUT2D eigenvalue weighted by Gasteiger charge is 2.21. The van der Waals surface area contributed by atoms with Crippen molar-refractivity contribution < 1.29 is 4.79 Å². The molecular formula is C15H21ClN2OS. The minimum Gasteiger partial charge on any atom is -0.325 e. The predicted molar refractivity (Wildman–Crippen MR) is 86.7 cm³/mol. The number of anilines is 1. The SMILES string of the molecule is CC(C)Sc1ccc(Cl)cc1NC(=O)C1CCNCC1. The Labute approximate surface area is 129 Å². The standard InChI is InChI=1S/C15H21ClN2OS/c1-10(2)20-14-4-3-12(16)9-13(14)18-15(19)11-5-7-17-8-6-11/h3-4,9-11,17H,5-8H2,1-2H3,(H,18,19). The molecule has 2 rings (SSSR count). The summed E-state index contributed by atoms with van der Waals surface area (Å²) in [5.41, 5.74) is 0.833. The summed E-state index contributed by atoms with van der Waals surface area (Å²) in [6.07, 6.45) is 1.80. The molecule has 1 fully saturated rings. The van der Waals surface area contributed by atoms with Gasteiger partial charge in [0.1, 0.15) is 0 Å². The first-order valence-corrected chi connectivity index (χ1v) is 8.30. The van der Waals surface area contributed by atoms with E-state index in [4.69, 9.17) is 11.6 Å². The molecule has 20 heavy (non-hydrogen) atoms. The Kier molecular flexibility index (Phi) is 5.75. The molecule has 1 heterocycles. The van der Waals surface area contributed by atoms with Gasteiger partial charge in [-0.15, -0.1) is 11.8 Å². The van der Waals surface area contributed by atoms with Gasteiger partial charge in [0.25, 0.3) is 0 Å². The Morgan fingerprint density at radius 1 is 1.40 bits per heavy atom.